The molecule has 1 aromatic heterocycles. The Morgan fingerprint density at radius 1 is 1.13 bits per heavy atom. The fourth-order valence-electron chi connectivity index (χ4n) is 2.97. The second kappa shape index (κ2) is 10.3. The second-order valence-corrected chi connectivity index (χ2v) is 8.36. The molecule has 3 rings (SSSR count). The lowest BCUT2D eigenvalue weighted by Crippen LogP contribution is -2.17. The lowest BCUT2D eigenvalue weighted by atomic mass is 9.97. The van der Waals surface area contributed by atoms with Crippen molar-refractivity contribution in [3.05, 3.63) is 69.1 Å². The number of hydrogen-bond donors (Lipinski definition) is 3. The van der Waals surface area contributed by atoms with E-state index in [1.54, 1.807) is 13.8 Å². The highest BCUT2D eigenvalue weighted by Gasteiger charge is 2.15. The van der Waals surface area contributed by atoms with Crippen molar-refractivity contribution in [3.63, 3.8) is 0 Å². The van der Waals surface area contributed by atoms with Crippen LogP contribution in [0.25, 0.3) is 17.1 Å². The number of carbonyl (C=O) groups excluding carboxylic acids is 1. The van der Waals surface area contributed by atoms with Gasteiger partial charge in [-0.2, -0.15) is 4.68 Å². The predicted molar refractivity (Wildman–Crippen MR) is 124 cm³/mol. The highest BCUT2D eigenvalue weighted by atomic mass is 16.3. The molecule has 31 heavy (non-hydrogen) atoms. The molecule has 3 N–H and O–H groups in total. The van der Waals surface area contributed by atoms with Crippen LogP contribution in [0.4, 0.5) is 0 Å². The summed E-state index contributed by atoms with van der Waals surface area (Å²) in [6.07, 6.45) is 0.743. The molecule has 3 aromatic rings. The quantitative estimate of drug-likeness (QED) is 0.528. The van der Waals surface area contributed by atoms with E-state index in [0.29, 0.717) is 5.82 Å². The van der Waals surface area contributed by atoms with Gasteiger partial charge >= 0.3 is 5.69 Å². The largest absolute Gasteiger partial charge is 0.395 e. The van der Waals surface area contributed by atoms with E-state index in [0.717, 1.165) is 40.8 Å². The van der Waals surface area contributed by atoms with Crippen LogP contribution in [-0.2, 0) is 11.3 Å². The lowest BCUT2D eigenvalue weighted by Gasteiger charge is -2.12. The Hall–Kier alpha value is -3.03. The topological polar surface area (TPSA) is 100 Å². The highest BCUT2D eigenvalue weighted by molar-refractivity contribution is 5.66. The number of aldehydes is 1. The summed E-state index contributed by atoms with van der Waals surface area (Å²) >= 11 is 0. The monoisotopic (exact) mass is 424 g/mol. The van der Waals surface area contributed by atoms with Gasteiger partial charge in [-0.15, -0.1) is 5.10 Å². The van der Waals surface area contributed by atoms with E-state index in [1.807, 2.05) is 45.2 Å². The number of hydrogen-bond acceptors (Lipinski definition) is 5. The number of aliphatic hydroxyl groups is 1. The van der Waals surface area contributed by atoms with Crippen LogP contribution in [0.15, 0.2) is 41.2 Å². The summed E-state index contributed by atoms with van der Waals surface area (Å²) in [5.74, 6) is 0.605. The van der Waals surface area contributed by atoms with Crippen molar-refractivity contribution in [1.82, 2.24) is 20.1 Å². The van der Waals surface area contributed by atoms with Crippen molar-refractivity contribution < 1.29 is 9.90 Å². The standard InChI is InChI=1S/C19H22N4O.C5H10O2/c1-12-5-9-16(10-6-12)23-19(24)21-18(22-23)17-13(2)7-8-15(11-20-4)14(17)3;1-5(2,3-6)4-7/h5-10,20H,11H2,1-4H3,(H,21,22,24);3,7H,4H2,1-2H3. The van der Waals surface area contributed by atoms with Crippen LogP contribution < -0.4 is 11.0 Å². The Labute approximate surface area is 183 Å². The first-order valence-corrected chi connectivity index (χ1v) is 10.2. The average Bonchev–Trinajstić information content (AvgIpc) is 3.12. The second-order valence-electron chi connectivity index (χ2n) is 8.36. The summed E-state index contributed by atoms with van der Waals surface area (Å²) in [5, 5.41) is 16.1. The maximum atomic E-state index is 12.4. The summed E-state index contributed by atoms with van der Waals surface area (Å²) in [6, 6.07) is 11.9. The van der Waals surface area contributed by atoms with E-state index < -0.39 is 5.41 Å². The van der Waals surface area contributed by atoms with Crippen LogP contribution in [0.3, 0.4) is 0 Å². The highest BCUT2D eigenvalue weighted by Crippen LogP contribution is 2.26. The molecule has 0 fully saturated rings. The first kappa shape index (κ1) is 24.2. The molecule has 0 aliphatic rings. The van der Waals surface area contributed by atoms with Gasteiger partial charge in [-0.3, -0.25) is 4.98 Å². The number of carbonyl (C=O) groups is 1. The summed E-state index contributed by atoms with van der Waals surface area (Å²) in [5.41, 5.74) is 5.55. The van der Waals surface area contributed by atoms with Crippen molar-refractivity contribution in [2.45, 2.75) is 41.2 Å². The molecular formula is C24H32N4O3. The number of nitrogens with one attached hydrogen (secondary N) is 2. The van der Waals surface area contributed by atoms with Crippen LogP contribution in [0.2, 0.25) is 0 Å². The summed E-state index contributed by atoms with van der Waals surface area (Å²) < 4.78 is 1.42. The molecule has 0 saturated carbocycles. The molecule has 0 bridgehead atoms. The maximum absolute atomic E-state index is 12.4. The van der Waals surface area contributed by atoms with Crippen molar-refractivity contribution in [3.8, 4) is 17.1 Å². The molecule has 0 saturated heterocycles. The van der Waals surface area contributed by atoms with Gasteiger partial charge in [0.05, 0.1) is 12.3 Å². The van der Waals surface area contributed by atoms with E-state index in [1.165, 1.54) is 10.2 Å². The molecule has 7 heteroatoms. The zero-order valence-corrected chi connectivity index (χ0v) is 19.1. The van der Waals surface area contributed by atoms with Crippen molar-refractivity contribution in [2.24, 2.45) is 5.41 Å². The number of aryl methyl sites for hydroxylation is 2. The smallest absolute Gasteiger partial charge is 0.348 e. The molecule has 0 amide bonds. The Balaban J connectivity index is 0.000000423. The van der Waals surface area contributed by atoms with Gasteiger partial charge < -0.3 is 15.2 Å². The molecular weight excluding hydrogens is 392 g/mol. The van der Waals surface area contributed by atoms with E-state index in [4.69, 9.17) is 5.11 Å². The third-order valence-electron chi connectivity index (χ3n) is 5.01. The zero-order chi connectivity index (χ0) is 23.2. The molecule has 2 aromatic carbocycles. The number of aliphatic hydroxyl groups excluding tert-OH is 1. The Morgan fingerprint density at radius 3 is 2.29 bits per heavy atom. The minimum atomic E-state index is -0.542. The summed E-state index contributed by atoms with van der Waals surface area (Å²) in [6.45, 7) is 10.2. The molecule has 0 unspecified atom stereocenters. The molecule has 1 heterocycles. The van der Waals surface area contributed by atoms with E-state index in [2.05, 4.69) is 34.5 Å². The van der Waals surface area contributed by atoms with Crippen LogP contribution in [0, 0.1) is 26.2 Å². The number of rotatable bonds is 6. The zero-order valence-electron chi connectivity index (χ0n) is 19.1. The normalized spacial score (nSPS) is 11.1. The Kier molecular flexibility index (Phi) is 8.08. The SMILES string of the molecule is CC(C)(C=O)CO.CNCc1ccc(C)c(-c2nn(-c3ccc(C)cc3)c(=O)[nH]2)c1C. The van der Waals surface area contributed by atoms with Gasteiger partial charge in [-0.1, -0.05) is 43.7 Å². The van der Waals surface area contributed by atoms with Gasteiger partial charge in [0.25, 0.3) is 0 Å². The summed E-state index contributed by atoms with van der Waals surface area (Å²) in [4.78, 5) is 25.2. The van der Waals surface area contributed by atoms with Crippen molar-refractivity contribution in [1.29, 1.82) is 0 Å². The molecule has 0 radical (unpaired) electrons. The molecule has 7 nitrogen and oxygen atoms in total. The van der Waals surface area contributed by atoms with Gasteiger partial charge in [0.2, 0.25) is 0 Å². The molecule has 0 aliphatic carbocycles. The van der Waals surface area contributed by atoms with Gasteiger partial charge in [0, 0.05) is 17.5 Å². The Morgan fingerprint density at radius 2 is 1.77 bits per heavy atom. The fourth-order valence-corrected chi connectivity index (χ4v) is 2.97. The molecule has 0 atom stereocenters. The first-order valence-electron chi connectivity index (χ1n) is 10.2. The number of benzene rings is 2. The third-order valence-corrected chi connectivity index (χ3v) is 5.01. The van der Waals surface area contributed by atoms with E-state index >= 15 is 0 Å². The van der Waals surface area contributed by atoms with Crippen molar-refractivity contribution in [2.75, 3.05) is 13.7 Å². The third kappa shape index (κ3) is 5.99. The van der Waals surface area contributed by atoms with Gasteiger partial charge in [-0.05, 0) is 56.6 Å². The van der Waals surface area contributed by atoms with Crippen LogP contribution in [0.1, 0.15) is 36.1 Å². The number of aromatic nitrogens is 3. The predicted octanol–water partition coefficient (Wildman–Crippen LogP) is 3.08. The summed E-state index contributed by atoms with van der Waals surface area (Å²) in [7, 11) is 1.92. The van der Waals surface area contributed by atoms with Gasteiger partial charge in [0.15, 0.2) is 5.82 Å². The molecule has 0 aliphatic heterocycles. The van der Waals surface area contributed by atoms with Gasteiger partial charge in [-0.25, -0.2) is 4.79 Å². The number of nitrogens with zero attached hydrogens (tertiary/aromatic N) is 2. The number of aromatic amines is 1. The van der Waals surface area contributed by atoms with E-state index in [-0.39, 0.29) is 12.3 Å². The fraction of sp³-hybridized carbons (Fsp3) is 0.375. The first-order chi connectivity index (χ1) is 14.6. The van der Waals surface area contributed by atoms with Crippen LogP contribution in [0.5, 0.6) is 0 Å². The molecule has 0 spiro atoms. The van der Waals surface area contributed by atoms with Crippen LogP contribution in [-0.4, -0.2) is 39.8 Å². The van der Waals surface area contributed by atoms with Gasteiger partial charge in [0.1, 0.15) is 6.29 Å². The lowest BCUT2D eigenvalue weighted by molar-refractivity contribution is -0.116. The average molecular weight is 425 g/mol. The minimum absolute atomic E-state index is 0.0729. The van der Waals surface area contributed by atoms with Crippen LogP contribution >= 0.6 is 0 Å². The van der Waals surface area contributed by atoms with E-state index in [9.17, 15) is 9.59 Å². The Bertz CT molecular complexity index is 1080. The number of H-pyrrole nitrogens is 1. The maximum Gasteiger partial charge on any atom is 0.348 e. The minimum Gasteiger partial charge on any atom is -0.395 e. The molecule has 166 valence electrons. The van der Waals surface area contributed by atoms with Crippen molar-refractivity contribution >= 4 is 6.29 Å².